The van der Waals surface area contributed by atoms with Gasteiger partial charge in [-0.1, -0.05) is 12.5 Å². The molecule has 1 heterocycles. The number of hydrogen-bond donors (Lipinski definition) is 0. The average molecular weight is 302 g/mol. The number of rotatable bonds is 0. The summed E-state index contributed by atoms with van der Waals surface area (Å²) in [6, 6.07) is 0. The molecule has 3 aliphatic carbocycles. The quantitative estimate of drug-likeness (QED) is 0.639. The normalized spacial score (nSPS) is 47.7. The highest BCUT2D eigenvalue weighted by atomic mass is 16.6. The summed E-state index contributed by atoms with van der Waals surface area (Å²) < 4.78 is 5.81. The van der Waals surface area contributed by atoms with Crippen molar-refractivity contribution in [3.63, 3.8) is 0 Å². The van der Waals surface area contributed by atoms with Gasteiger partial charge in [0.1, 0.15) is 5.60 Å². The fourth-order valence-corrected chi connectivity index (χ4v) is 6.08. The van der Waals surface area contributed by atoms with Crippen LogP contribution >= 0.6 is 0 Å². The summed E-state index contributed by atoms with van der Waals surface area (Å²) in [6.45, 7) is 4.54. The Hall–Kier alpha value is -1.12. The fraction of sp³-hybridized carbons (Fsp3) is 0.789. The molecule has 3 heteroatoms. The number of esters is 1. The lowest BCUT2D eigenvalue weighted by Gasteiger charge is -2.59. The molecule has 1 unspecified atom stereocenters. The molecule has 0 aromatic rings. The Bertz CT molecular complexity index is 563. The van der Waals surface area contributed by atoms with Gasteiger partial charge in [-0.2, -0.15) is 0 Å². The maximum Gasteiger partial charge on any atom is 0.306 e. The van der Waals surface area contributed by atoms with Crippen molar-refractivity contribution < 1.29 is 14.3 Å². The molecule has 0 N–H and O–H groups in total. The summed E-state index contributed by atoms with van der Waals surface area (Å²) in [4.78, 5) is 23.5. The van der Waals surface area contributed by atoms with Crippen molar-refractivity contribution >= 4 is 11.8 Å². The minimum absolute atomic E-state index is 0.0110. The van der Waals surface area contributed by atoms with E-state index in [-0.39, 0.29) is 17.0 Å². The molecule has 120 valence electrons. The van der Waals surface area contributed by atoms with E-state index in [4.69, 9.17) is 4.74 Å². The van der Waals surface area contributed by atoms with Crippen LogP contribution in [0.15, 0.2) is 11.6 Å². The highest BCUT2D eigenvalue weighted by Crippen LogP contribution is 2.61. The molecule has 0 spiro atoms. The van der Waals surface area contributed by atoms with Crippen LogP contribution in [0.25, 0.3) is 0 Å². The molecule has 4 aliphatic rings. The molecule has 0 radical (unpaired) electrons. The largest absolute Gasteiger partial charge is 0.459 e. The van der Waals surface area contributed by atoms with Gasteiger partial charge in [-0.3, -0.25) is 9.59 Å². The van der Waals surface area contributed by atoms with Gasteiger partial charge in [-0.15, -0.1) is 0 Å². The van der Waals surface area contributed by atoms with Gasteiger partial charge in [0.2, 0.25) is 0 Å². The molecule has 0 aromatic heterocycles. The number of hydrogen-bond acceptors (Lipinski definition) is 3. The lowest BCUT2D eigenvalue weighted by atomic mass is 9.48. The maximum absolute atomic E-state index is 11.8. The smallest absolute Gasteiger partial charge is 0.306 e. The predicted octanol–water partition coefficient (Wildman–Crippen LogP) is 3.81. The highest BCUT2D eigenvalue weighted by molar-refractivity contribution is 5.91. The van der Waals surface area contributed by atoms with Gasteiger partial charge in [0.15, 0.2) is 5.78 Å². The van der Waals surface area contributed by atoms with Gasteiger partial charge >= 0.3 is 5.97 Å². The van der Waals surface area contributed by atoms with Crippen LogP contribution in [0.1, 0.15) is 65.2 Å². The second-order valence-electron chi connectivity index (χ2n) is 8.33. The number of allylic oxidation sites excluding steroid dienone is 2. The molecule has 1 aliphatic heterocycles. The number of ketones is 1. The van der Waals surface area contributed by atoms with E-state index in [2.05, 4.69) is 13.8 Å². The predicted molar refractivity (Wildman–Crippen MR) is 83.1 cm³/mol. The van der Waals surface area contributed by atoms with E-state index in [1.54, 1.807) is 0 Å². The van der Waals surface area contributed by atoms with Crippen LogP contribution in [0.5, 0.6) is 0 Å². The highest BCUT2D eigenvalue weighted by Gasteiger charge is 2.57. The Morgan fingerprint density at radius 1 is 1.00 bits per heavy atom. The standard InChI is InChI=1S/C19H26O3/c1-18-9-7-13(20)11-12(18)3-4-14-15(18)8-10-19(2)16(14)5-6-17(21)22-19/h11,14-16H,3-10H2,1-2H3/t14-,15+,16?,18+,19+/m1/s1. The van der Waals surface area contributed by atoms with Crippen molar-refractivity contribution in [2.24, 2.45) is 23.2 Å². The van der Waals surface area contributed by atoms with Crippen LogP contribution in [-0.2, 0) is 14.3 Å². The first kappa shape index (κ1) is 14.5. The molecule has 5 atom stereocenters. The van der Waals surface area contributed by atoms with E-state index in [9.17, 15) is 9.59 Å². The van der Waals surface area contributed by atoms with Crippen molar-refractivity contribution in [2.75, 3.05) is 0 Å². The lowest BCUT2D eigenvalue weighted by molar-refractivity contribution is -0.194. The zero-order chi connectivity index (χ0) is 15.5. The van der Waals surface area contributed by atoms with Gasteiger partial charge < -0.3 is 4.74 Å². The monoisotopic (exact) mass is 302 g/mol. The first-order valence-corrected chi connectivity index (χ1v) is 8.88. The van der Waals surface area contributed by atoms with Crippen LogP contribution in [0.4, 0.5) is 0 Å². The van der Waals surface area contributed by atoms with Gasteiger partial charge in [-0.05, 0) is 68.8 Å². The molecule has 3 nitrogen and oxygen atoms in total. The summed E-state index contributed by atoms with van der Waals surface area (Å²) >= 11 is 0. The Labute approximate surface area is 132 Å². The Balaban J connectivity index is 1.67. The fourth-order valence-electron chi connectivity index (χ4n) is 6.08. The molecule has 3 fully saturated rings. The van der Waals surface area contributed by atoms with Crippen LogP contribution in [-0.4, -0.2) is 17.4 Å². The second kappa shape index (κ2) is 4.69. The Morgan fingerprint density at radius 2 is 1.82 bits per heavy atom. The molecule has 0 amide bonds. The zero-order valence-electron chi connectivity index (χ0n) is 13.7. The molecular formula is C19H26O3. The summed E-state index contributed by atoms with van der Waals surface area (Å²) in [5, 5.41) is 0. The summed E-state index contributed by atoms with van der Waals surface area (Å²) in [6.07, 6.45) is 9.60. The minimum atomic E-state index is -0.238. The third-order valence-electron chi connectivity index (χ3n) is 7.30. The van der Waals surface area contributed by atoms with Crippen molar-refractivity contribution in [3.05, 3.63) is 11.6 Å². The third kappa shape index (κ3) is 1.93. The van der Waals surface area contributed by atoms with Crippen LogP contribution in [0.2, 0.25) is 0 Å². The first-order chi connectivity index (χ1) is 10.4. The molecule has 22 heavy (non-hydrogen) atoms. The molecule has 0 aromatic carbocycles. The van der Waals surface area contributed by atoms with E-state index < -0.39 is 0 Å². The number of fused-ring (bicyclic) bond motifs is 5. The minimum Gasteiger partial charge on any atom is -0.459 e. The average Bonchev–Trinajstić information content (AvgIpc) is 2.46. The second-order valence-corrected chi connectivity index (χ2v) is 8.33. The molecule has 0 bridgehead atoms. The third-order valence-corrected chi connectivity index (χ3v) is 7.30. The zero-order valence-corrected chi connectivity index (χ0v) is 13.7. The maximum atomic E-state index is 11.8. The van der Waals surface area contributed by atoms with Gasteiger partial charge in [0, 0.05) is 18.8 Å². The van der Waals surface area contributed by atoms with Crippen LogP contribution < -0.4 is 0 Å². The van der Waals surface area contributed by atoms with Crippen molar-refractivity contribution in [2.45, 2.75) is 70.8 Å². The molecular weight excluding hydrogens is 276 g/mol. The SMILES string of the molecule is C[C@]12CCC(=O)C=C1CC[C@H]1C3CCC(=O)O[C@@]3(C)CC[C@@H]12. The summed E-state index contributed by atoms with van der Waals surface area (Å²) in [5.41, 5.74) is 1.37. The molecule has 2 saturated carbocycles. The van der Waals surface area contributed by atoms with E-state index in [1.165, 1.54) is 5.57 Å². The summed E-state index contributed by atoms with van der Waals surface area (Å²) in [5.74, 6) is 2.14. The Morgan fingerprint density at radius 3 is 2.64 bits per heavy atom. The number of ether oxygens (including phenoxy) is 1. The van der Waals surface area contributed by atoms with E-state index in [0.29, 0.717) is 36.4 Å². The van der Waals surface area contributed by atoms with Gasteiger partial charge in [0.05, 0.1) is 0 Å². The van der Waals surface area contributed by atoms with Crippen LogP contribution in [0, 0.1) is 23.2 Å². The lowest BCUT2D eigenvalue weighted by Crippen LogP contribution is -2.56. The van der Waals surface area contributed by atoms with E-state index >= 15 is 0 Å². The van der Waals surface area contributed by atoms with E-state index in [1.807, 2.05) is 6.08 Å². The van der Waals surface area contributed by atoms with Crippen molar-refractivity contribution in [3.8, 4) is 0 Å². The van der Waals surface area contributed by atoms with Crippen molar-refractivity contribution in [1.82, 2.24) is 0 Å². The summed E-state index contributed by atoms with van der Waals surface area (Å²) in [7, 11) is 0. The number of carbonyl (C=O) groups excluding carboxylic acids is 2. The topological polar surface area (TPSA) is 43.4 Å². The Kier molecular flexibility index (Phi) is 3.08. The van der Waals surface area contributed by atoms with Gasteiger partial charge in [0.25, 0.3) is 0 Å². The van der Waals surface area contributed by atoms with E-state index in [0.717, 1.165) is 38.5 Å². The van der Waals surface area contributed by atoms with Crippen molar-refractivity contribution in [1.29, 1.82) is 0 Å². The van der Waals surface area contributed by atoms with Gasteiger partial charge in [-0.25, -0.2) is 0 Å². The molecule has 4 rings (SSSR count). The van der Waals surface area contributed by atoms with Crippen LogP contribution in [0.3, 0.4) is 0 Å². The first-order valence-electron chi connectivity index (χ1n) is 8.88. The number of carbonyl (C=O) groups is 2. The molecule has 1 saturated heterocycles.